The van der Waals surface area contributed by atoms with E-state index in [2.05, 4.69) is 5.32 Å². The highest BCUT2D eigenvalue weighted by Gasteiger charge is 2.42. The van der Waals surface area contributed by atoms with E-state index in [1.54, 1.807) is 29.2 Å². The monoisotopic (exact) mass is 730 g/mol. The van der Waals surface area contributed by atoms with Crippen LogP contribution in [-0.4, -0.2) is 71.7 Å². The first-order valence-electron chi connectivity index (χ1n) is 13.7. The Hall–Kier alpha value is -2.38. The molecule has 3 N–H and O–H groups in total. The molecular formula is C30H33Cl2IN2O7. The molecule has 0 saturated heterocycles. The van der Waals surface area contributed by atoms with Gasteiger partial charge in [0.1, 0.15) is 18.5 Å². The Labute approximate surface area is 268 Å². The molecule has 1 saturated carbocycles. The Balaban J connectivity index is 1.75. The number of hydrogen-bond donors (Lipinski definition) is 3. The summed E-state index contributed by atoms with van der Waals surface area (Å²) in [5.74, 6) is -0.206. The highest BCUT2D eigenvalue weighted by atomic mass is 127. The molecule has 2 aliphatic carbocycles. The van der Waals surface area contributed by atoms with Gasteiger partial charge < -0.3 is 29.9 Å². The quantitative estimate of drug-likeness (QED) is 0.229. The van der Waals surface area contributed by atoms with Crippen molar-refractivity contribution in [2.24, 2.45) is 5.92 Å². The molecule has 226 valence electrons. The number of nitrogens with zero attached hydrogens (tertiary/aromatic N) is 1. The molecule has 0 bridgehead atoms. The second kappa shape index (κ2) is 14.9. The molecule has 0 unspecified atom stereocenters. The molecule has 0 heterocycles. The SMILES string of the molecule is COc1cc(C=O)cc(I)c1O[C@H]1C=C(C(=O)NCCO)C[C@@H](N(Cc2ccc(Cl)cc2Cl)C(=O)C2CCCC2)[C@@H]1O. The number of carbonyl (C=O) groups is 3. The molecule has 2 amide bonds. The molecule has 0 aromatic heterocycles. The molecule has 0 spiro atoms. The molecule has 42 heavy (non-hydrogen) atoms. The minimum atomic E-state index is -1.23. The molecule has 9 nitrogen and oxygen atoms in total. The average Bonchev–Trinajstić information content (AvgIpc) is 3.52. The summed E-state index contributed by atoms with van der Waals surface area (Å²) in [7, 11) is 1.44. The molecule has 0 radical (unpaired) electrons. The number of methoxy groups -OCH3 is 1. The summed E-state index contributed by atoms with van der Waals surface area (Å²) in [6.07, 6.45) is 3.35. The fourth-order valence-corrected chi connectivity index (χ4v) is 6.66. The molecule has 0 aliphatic heterocycles. The summed E-state index contributed by atoms with van der Waals surface area (Å²) in [6, 6.07) is 7.34. The number of aliphatic hydroxyl groups excluding tert-OH is 2. The van der Waals surface area contributed by atoms with E-state index in [0.29, 0.717) is 36.6 Å². The molecule has 2 aromatic rings. The number of nitrogens with one attached hydrogen (secondary N) is 1. The van der Waals surface area contributed by atoms with Gasteiger partial charge in [0.2, 0.25) is 11.8 Å². The first-order chi connectivity index (χ1) is 20.2. The zero-order chi connectivity index (χ0) is 30.4. The van der Waals surface area contributed by atoms with E-state index in [1.165, 1.54) is 19.3 Å². The second-order valence-corrected chi connectivity index (χ2v) is 12.4. The number of carbonyl (C=O) groups excluding carboxylic acids is 3. The van der Waals surface area contributed by atoms with Gasteiger partial charge in [0.25, 0.3) is 0 Å². The Morgan fingerprint density at radius 3 is 2.57 bits per heavy atom. The van der Waals surface area contributed by atoms with E-state index in [-0.39, 0.29) is 49.4 Å². The van der Waals surface area contributed by atoms with E-state index in [0.717, 1.165) is 25.7 Å². The van der Waals surface area contributed by atoms with Crippen molar-refractivity contribution in [2.45, 2.75) is 56.9 Å². The molecule has 2 aromatic carbocycles. The maximum Gasteiger partial charge on any atom is 0.247 e. The van der Waals surface area contributed by atoms with Crippen molar-refractivity contribution in [2.75, 3.05) is 20.3 Å². The minimum absolute atomic E-state index is 0.0406. The first kappa shape index (κ1) is 32.5. The number of benzene rings is 2. The van der Waals surface area contributed by atoms with E-state index < -0.39 is 24.2 Å². The zero-order valence-corrected chi connectivity index (χ0v) is 26.7. The van der Waals surface area contributed by atoms with Gasteiger partial charge in [-0.15, -0.1) is 0 Å². The van der Waals surface area contributed by atoms with Crippen molar-refractivity contribution in [3.8, 4) is 11.5 Å². The molecule has 2 aliphatic rings. The fourth-order valence-electron chi connectivity index (χ4n) is 5.44. The summed E-state index contributed by atoms with van der Waals surface area (Å²) in [4.78, 5) is 40.2. The second-order valence-electron chi connectivity index (χ2n) is 10.4. The third-order valence-corrected chi connectivity index (χ3v) is 8.99. The number of aldehydes is 1. The minimum Gasteiger partial charge on any atom is -0.493 e. The number of hydrogen-bond acceptors (Lipinski definition) is 7. The van der Waals surface area contributed by atoms with E-state index in [9.17, 15) is 24.6 Å². The van der Waals surface area contributed by atoms with E-state index in [4.69, 9.17) is 32.7 Å². The lowest BCUT2D eigenvalue weighted by atomic mass is 9.87. The van der Waals surface area contributed by atoms with E-state index >= 15 is 0 Å². The van der Waals surface area contributed by atoms with Crippen molar-refractivity contribution < 1.29 is 34.1 Å². The topological polar surface area (TPSA) is 125 Å². The average molecular weight is 731 g/mol. The van der Waals surface area contributed by atoms with Crippen LogP contribution in [-0.2, 0) is 16.1 Å². The summed E-state index contributed by atoms with van der Waals surface area (Å²) < 4.78 is 12.3. The maximum absolute atomic E-state index is 14.0. The predicted octanol–water partition coefficient (Wildman–Crippen LogP) is 4.55. The van der Waals surface area contributed by atoms with Crippen molar-refractivity contribution in [1.82, 2.24) is 10.2 Å². The van der Waals surface area contributed by atoms with Crippen molar-refractivity contribution >= 4 is 63.9 Å². The van der Waals surface area contributed by atoms with Crippen LogP contribution in [0.25, 0.3) is 0 Å². The molecule has 12 heteroatoms. The smallest absolute Gasteiger partial charge is 0.247 e. The van der Waals surface area contributed by atoms with Crippen LogP contribution in [0.2, 0.25) is 10.0 Å². The standard InChI is InChI=1S/C30H33Cl2IN2O7/c1-41-26-11-17(16-37)10-23(33)28(26)42-25-13-20(29(39)34-8-9-36)12-24(27(25)38)35(30(40)18-4-2-3-5-18)15-19-6-7-21(31)14-22(19)32/h6-7,10-11,13-14,16,18,24-25,27,36,38H,2-5,8-9,12,15H2,1H3,(H,34,39)/t24-,25+,27+/m1/s1. The van der Waals surface area contributed by atoms with Crippen molar-refractivity contribution in [3.63, 3.8) is 0 Å². The summed E-state index contributed by atoms with van der Waals surface area (Å²) in [5.41, 5.74) is 1.34. The number of ether oxygens (including phenoxy) is 2. The number of rotatable bonds is 11. The van der Waals surface area contributed by atoms with Crippen molar-refractivity contribution in [3.05, 3.63) is 66.7 Å². The lowest BCUT2D eigenvalue weighted by molar-refractivity contribution is -0.143. The molecule has 1 fully saturated rings. The fraction of sp³-hybridized carbons (Fsp3) is 0.433. The third-order valence-electron chi connectivity index (χ3n) is 7.60. The van der Waals surface area contributed by atoms with Gasteiger partial charge in [-0.3, -0.25) is 14.4 Å². The maximum atomic E-state index is 14.0. The van der Waals surface area contributed by atoms with Gasteiger partial charge >= 0.3 is 0 Å². The van der Waals surface area contributed by atoms with Gasteiger partial charge in [-0.05, 0) is 71.3 Å². The lowest BCUT2D eigenvalue weighted by Gasteiger charge is -2.41. The Morgan fingerprint density at radius 1 is 1.19 bits per heavy atom. The summed E-state index contributed by atoms with van der Waals surface area (Å²) in [5, 5.41) is 24.6. The number of aliphatic hydroxyl groups is 2. The van der Waals surface area contributed by atoms with Gasteiger partial charge in [-0.1, -0.05) is 42.1 Å². The van der Waals surface area contributed by atoms with Crippen LogP contribution >= 0.6 is 45.8 Å². The van der Waals surface area contributed by atoms with Crippen LogP contribution in [0.1, 0.15) is 48.0 Å². The Kier molecular flexibility index (Phi) is 11.5. The molecule has 3 atom stereocenters. The lowest BCUT2D eigenvalue weighted by Crippen LogP contribution is -2.55. The van der Waals surface area contributed by atoms with Crippen LogP contribution in [0.3, 0.4) is 0 Å². The van der Waals surface area contributed by atoms with Crippen LogP contribution < -0.4 is 14.8 Å². The zero-order valence-electron chi connectivity index (χ0n) is 23.0. The Morgan fingerprint density at radius 2 is 1.93 bits per heavy atom. The van der Waals surface area contributed by atoms with Crippen LogP contribution in [0.4, 0.5) is 0 Å². The molecular weight excluding hydrogens is 698 g/mol. The van der Waals surface area contributed by atoms with Crippen molar-refractivity contribution in [1.29, 1.82) is 0 Å². The summed E-state index contributed by atoms with van der Waals surface area (Å²) in [6.45, 7) is -0.107. The predicted molar refractivity (Wildman–Crippen MR) is 167 cm³/mol. The highest BCUT2D eigenvalue weighted by molar-refractivity contribution is 14.1. The highest BCUT2D eigenvalue weighted by Crippen LogP contribution is 2.38. The molecule has 4 rings (SSSR count). The van der Waals surface area contributed by atoms with Crippen LogP contribution in [0.15, 0.2) is 42.0 Å². The normalized spacial score (nSPS) is 20.5. The summed E-state index contributed by atoms with van der Waals surface area (Å²) >= 11 is 14.6. The number of amides is 2. The van der Waals surface area contributed by atoms with Gasteiger partial charge in [-0.25, -0.2) is 0 Å². The van der Waals surface area contributed by atoms with Gasteiger partial charge in [0.15, 0.2) is 11.5 Å². The van der Waals surface area contributed by atoms with Gasteiger partial charge in [0.05, 0.1) is 23.3 Å². The van der Waals surface area contributed by atoms with Gasteiger partial charge in [-0.2, -0.15) is 0 Å². The van der Waals surface area contributed by atoms with Gasteiger partial charge in [0, 0.05) is 46.6 Å². The van der Waals surface area contributed by atoms with Crippen LogP contribution in [0.5, 0.6) is 11.5 Å². The largest absolute Gasteiger partial charge is 0.493 e. The Bertz CT molecular complexity index is 1350. The van der Waals surface area contributed by atoms with E-state index in [1.807, 2.05) is 22.6 Å². The first-order valence-corrected chi connectivity index (χ1v) is 15.5. The third kappa shape index (κ3) is 7.57. The number of halogens is 3. The van der Waals surface area contributed by atoms with Crippen LogP contribution in [0, 0.1) is 9.49 Å².